The van der Waals surface area contributed by atoms with Gasteiger partial charge < -0.3 is 4.52 Å². The van der Waals surface area contributed by atoms with Crippen LogP contribution in [0.2, 0.25) is 0 Å². The van der Waals surface area contributed by atoms with E-state index in [1.165, 1.54) is 32.1 Å². The van der Waals surface area contributed by atoms with Crippen LogP contribution < -0.4 is 5.32 Å². The molecule has 1 aromatic rings. The fraction of sp³-hybridized carbons (Fsp3) is 0.692. The Bertz CT molecular complexity index is 393. The first-order valence-corrected chi connectivity index (χ1v) is 7.50. The van der Waals surface area contributed by atoms with Gasteiger partial charge in [0.25, 0.3) is 0 Å². The molecule has 1 aliphatic carbocycles. The summed E-state index contributed by atoms with van der Waals surface area (Å²) in [6.07, 6.45) is 11.9. The largest absolute Gasteiger partial charge is 0.338 e. The molecular weight excluding hydrogens is 246 g/mol. The Labute approximate surface area is 112 Å². The van der Waals surface area contributed by atoms with Gasteiger partial charge in [-0.2, -0.15) is 16.7 Å². The lowest BCUT2D eigenvalue weighted by atomic mass is 10.0. The van der Waals surface area contributed by atoms with Crippen LogP contribution in [0.1, 0.15) is 43.8 Å². The van der Waals surface area contributed by atoms with Gasteiger partial charge in [0.15, 0.2) is 5.82 Å². The maximum Gasteiger partial charge on any atom is 0.240 e. The van der Waals surface area contributed by atoms with Gasteiger partial charge in [0.2, 0.25) is 5.89 Å². The summed E-state index contributed by atoms with van der Waals surface area (Å²) < 4.78 is 5.15. The standard InChI is InChI=1S/C13H19N3OS/c1-2-8-14-9-13-15-12(16-17-13)10-18-11-6-4-3-5-7-11/h1,11,14H,3-10H2. The van der Waals surface area contributed by atoms with Crippen LogP contribution >= 0.6 is 11.8 Å². The quantitative estimate of drug-likeness (QED) is 0.632. The molecule has 98 valence electrons. The molecule has 0 amide bonds. The van der Waals surface area contributed by atoms with Crippen LogP contribution in [0.5, 0.6) is 0 Å². The van der Waals surface area contributed by atoms with E-state index in [0.717, 1.165) is 16.8 Å². The van der Waals surface area contributed by atoms with Crippen LogP contribution in [0.25, 0.3) is 0 Å². The maximum atomic E-state index is 5.15. The summed E-state index contributed by atoms with van der Waals surface area (Å²) in [7, 11) is 0. The fourth-order valence-corrected chi connectivity index (χ4v) is 3.26. The van der Waals surface area contributed by atoms with E-state index in [1.54, 1.807) is 0 Å². The first-order chi connectivity index (χ1) is 8.88. The van der Waals surface area contributed by atoms with Crippen LogP contribution in [-0.2, 0) is 12.3 Å². The lowest BCUT2D eigenvalue weighted by molar-refractivity contribution is 0.366. The first-order valence-electron chi connectivity index (χ1n) is 6.45. The van der Waals surface area contributed by atoms with E-state index in [-0.39, 0.29) is 0 Å². The third-order valence-electron chi connectivity index (χ3n) is 3.01. The molecule has 1 aliphatic rings. The van der Waals surface area contributed by atoms with Crippen LogP contribution in [0.15, 0.2) is 4.52 Å². The smallest absolute Gasteiger partial charge is 0.240 e. The van der Waals surface area contributed by atoms with Crippen molar-refractivity contribution in [1.82, 2.24) is 15.5 Å². The summed E-state index contributed by atoms with van der Waals surface area (Å²) in [6, 6.07) is 0. The molecule has 5 heteroatoms. The Morgan fingerprint density at radius 1 is 1.39 bits per heavy atom. The number of terminal acetylenes is 1. The van der Waals surface area contributed by atoms with Crippen molar-refractivity contribution in [2.75, 3.05) is 6.54 Å². The molecule has 0 aliphatic heterocycles. The molecule has 0 bridgehead atoms. The highest BCUT2D eigenvalue weighted by atomic mass is 32.2. The fourth-order valence-electron chi connectivity index (χ4n) is 2.09. The zero-order chi connectivity index (χ0) is 12.6. The van der Waals surface area contributed by atoms with Gasteiger partial charge in [-0.15, -0.1) is 6.42 Å². The summed E-state index contributed by atoms with van der Waals surface area (Å²) in [6.45, 7) is 1.07. The van der Waals surface area contributed by atoms with Gasteiger partial charge in [0.05, 0.1) is 18.8 Å². The van der Waals surface area contributed by atoms with Crippen molar-refractivity contribution in [3.63, 3.8) is 0 Å². The third-order valence-corrected chi connectivity index (χ3v) is 4.38. The molecule has 4 nitrogen and oxygen atoms in total. The van der Waals surface area contributed by atoms with E-state index in [4.69, 9.17) is 10.9 Å². The SMILES string of the molecule is C#CCNCc1nc(CSC2CCCCC2)no1. The van der Waals surface area contributed by atoms with Crippen LogP contribution in [0.4, 0.5) is 0 Å². The van der Waals surface area contributed by atoms with E-state index in [9.17, 15) is 0 Å². The molecule has 0 unspecified atom stereocenters. The van der Waals surface area contributed by atoms with Crippen molar-refractivity contribution in [2.45, 2.75) is 49.7 Å². The Hall–Kier alpha value is -0.990. The number of hydrogen-bond donors (Lipinski definition) is 1. The molecule has 1 aromatic heterocycles. The molecule has 2 rings (SSSR count). The lowest BCUT2D eigenvalue weighted by Crippen LogP contribution is -2.13. The highest BCUT2D eigenvalue weighted by Gasteiger charge is 2.15. The molecule has 1 fully saturated rings. The second-order valence-corrected chi connectivity index (χ2v) is 5.77. The van der Waals surface area contributed by atoms with Gasteiger partial charge >= 0.3 is 0 Å². The molecule has 0 aromatic carbocycles. The minimum atomic E-state index is 0.522. The maximum absolute atomic E-state index is 5.15. The minimum Gasteiger partial charge on any atom is -0.338 e. The number of aromatic nitrogens is 2. The molecular formula is C13H19N3OS. The molecule has 18 heavy (non-hydrogen) atoms. The van der Waals surface area contributed by atoms with Gasteiger partial charge in [0, 0.05) is 5.25 Å². The van der Waals surface area contributed by atoms with E-state index in [2.05, 4.69) is 21.4 Å². The number of hydrogen-bond acceptors (Lipinski definition) is 5. The highest BCUT2D eigenvalue weighted by molar-refractivity contribution is 7.99. The zero-order valence-corrected chi connectivity index (χ0v) is 11.3. The lowest BCUT2D eigenvalue weighted by Gasteiger charge is -2.19. The average molecular weight is 265 g/mol. The van der Waals surface area contributed by atoms with E-state index >= 15 is 0 Å². The third kappa shape index (κ3) is 4.35. The minimum absolute atomic E-state index is 0.522. The number of rotatable bonds is 6. The summed E-state index contributed by atoms with van der Waals surface area (Å²) in [4.78, 5) is 4.34. The Morgan fingerprint density at radius 3 is 3.00 bits per heavy atom. The molecule has 1 N–H and O–H groups in total. The van der Waals surface area contributed by atoms with Crippen molar-refractivity contribution in [3.05, 3.63) is 11.7 Å². The monoisotopic (exact) mass is 265 g/mol. The highest BCUT2D eigenvalue weighted by Crippen LogP contribution is 2.29. The summed E-state index contributed by atoms with van der Waals surface area (Å²) >= 11 is 1.95. The van der Waals surface area contributed by atoms with Crippen LogP contribution in [-0.4, -0.2) is 21.9 Å². The normalized spacial score (nSPS) is 16.6. The second kappa shape index (κ2) is 7.45. The number of thioether (sulfide) groups is 1. The van der Waals surface area contributed by atoms with Gasteiger partial charge in [-0.1, -0.05) is 30.3 Å². The van der Waals surface area contributed by atoms with Crippen molar-refractivity contribution in [1.29, 1.82) is 0 Å². The van der Waals surface area contributed by atoms with Gasteiger partial charge in [-0.3, -0.25) is 5.32 Å². The first kappa shape index (κ1) is 13.4. The van der Waals surface area contributed by atoms with E-state index < -0.39 is 0 Å². The van der Waals surface area contributed by atoms with Gasteiger partial charge in [-0.05, 0) is 12.8 Å². The number of nitrogens with one attached hydrogen (secondary N) is 1. The summed E-state index contributed by atoms with van der Waals surface area (Å²) in [5, 5.41) is 7.79. The average Bonchev–Trinajstić information content (AvgIpc) is 2.86. The van der Waals surface area contributed by atoms with Crippen molar-refractivity contribution in [2.24, 2.45) is 0 Å². The predicted octanol–water partition coefficient (Wildman–Crippen LogP) is 2.36. The predicted molar refractivity (Wildman–Crippen MR) is 73.0 cm³/mol. The van der Waals surface area contributed by atoms with Gasteiger partial charge in [0.1, 0.15) is 0 Å². The molecule has 0 saturated heterocycles. The van der Waals surface area contributed by atoms with Crippen molar-refractivity contribution < 1.29 is 4.52 Å². The molecule has 0 spiro atoms. The van der Waals surface area contributed by atoms with Crippen LogP contribution in [0.3, 0.4) is 0 Å². The van der Waals surface area contributed by atoms with Crippen molar-refractivity contribution >= 4 is 11.8 Å². The molecule has 1 saturated carbocycles. The second-order valence-electron chi connectivity index (χ2n) is 4.48. The Morgan fingerprint density at radius 2 is 2.22 bits per heavy atom. The number of nitrogens with zero attached hydrogens (tertiary/aromatic N) is 2. The topological polar surface area (TPSA) is 51.0 Å². The molecule has 1 heterocycles. The Kier molecular flexibility index (Phi) is 5.56. The molecule has 0 atom stereocenters. The summed E-state index contributed by atoms with van der Waals surface area (Å²) in [5.74, 6) is 4.77. The van der Waals surface area contributed by atoms with E-state index in [0.29, 0.717) is 19.0 Å². The zero-order valence-electron chi connectivity index (χ0n) is 10.5. The molecule has 0 radical (unpaired) electrons. The van der Waals surface area contributed by atoms with Gasteiger partial charge in [-0.25, -0.2) is 0 Å². The van der Waals surface area contributed by atoms with Crippen molar-refractivity contribution in [3.8, 4) is 12.3 Å². The van der Waals surface area contributed by atoms with E-state index in [1.807, 2.05) is 11.8 Å². The van der Waals surface area contributed by atoms with Crippen LogP contribution in [0, 0.1) is 12.3 Å². The summed E-state index contributed by atoms with van der Waals surface area (Å²) in [5.41, 5.74) is 0. The Balaban J connectivity index is 1.71.